The van der Waals surface area contributed by atoms with Crippen molar-refractivity contribution in [2.45, 2.75) is 31.7 Å². The predicted octanol–water partition coefficient (Wildman–Crippen LogP) is 4.60. The Balaban J connectivity index is 1.68. The number of carbonyl (C=O) groups is 1. The van der Waals surface area contributed by atoms with Gasteiger partial charge in [-0.05, 0) is 73.9 Å². The van der Waals surface area contributed by atoms with Gasteiger partial charge in [-0.25, -0.2) is 8.42 Å². The van der Waals surface area contributed by atoms with Gasteiger partial charge in [-0.2, -0.15) is 0 Å². The van der Waals surface area contributed by atoms with E-state index in [0.717, 1.165) is 5.56 Å². The Morgan fingerprint density at radius 3 is 2.14 bits per heavy atom. The maximum atomic E-state index is 12.5. The number of sulfonamides is 1. The minimum Gasteiger partial charge on any atom is -0.346 e. The number of amides is 1. The van der Waals surface area contributed by atoms with Crippen molar-refractivity contribution in [1.29, 1.82) is 0 Å². The summed E-state index contributed by atoms with van der Waals surface area (Å²) in [6, 6.07) is 20.5. The SMILES string of the molecule is Cc1ccc(C(C)NC(=O)c2ccc(NS(=O)(=O)c3ccccc3)cc2)cc1C. The molecule has 29 heavy (non-hydrogen) atoms. The second kappa shape index (κ2) is 8.49. The second-order valence-electron chi connectivity index (χ2n) is 7.03. The summed E-state index contributed by atoms with van der Waals surface area (Å²) in [6.45, 7) is 6.03. The van der Waals surface area contributed by atoms with Crippen LogP contribution in [0.1, 0.15) is 40.0 Å². The van der Waals surface area contributed by atoms with Gasteiger partial charge >= 0.3 is 0 Å². The summed E-state index contributed by atoms with van der Waals surface area (Å²) in [5, 5.41) is 2.98. The molecule has 0 aromatic heterocycles. The lowest BCUT2D eigenvalue weighted by Gasteiger charge is -2.16. The third kappa shape index (κ3) is 5.03. The quantitative estimate of drug-likeness (QED) is 0.626. The van der Waals surface area contributed by atoms with Crippen LogP contribution in [0.2, 0.25) is 0 Å². The molecule has 3 aromatic rings. The molecule has 0 radical (unpaired) electrons. The lowest BCUT2D eigenvalue weighted by atomic mass is 10.0. The molecule has 0 saturated heterocycles. The van der Waals surface area contributed by atoms with Crippen molar-refractivity contribution in [3.8, 4) is 0 Å². The molecular weight excluding hydrogens is 384 g/mol. The normalized spacial score (nSPS) is 12.2. The molecule has 0 saturated carbocycles. The molecule has 0 fully saturated rings. The van der Waals surface area contributed by atoms with Gasteiger partial charge in [0.15, 0.2) is 0 Å². The Kier molecular flexibility index (Phi) is 6.03. The van der Waals surface area contributed by atoms with Crippen LogP contribution in [0.25, 0.3) is 0 Å². The fourth-order valence-corrected chi connectivity index (χ4v) is 3.98. The summed E-state index contributed by atoms with van der Waals surface area (Å²) in [5.74, 6) is -0.215. The van der Waals surface area contributed by atoms with Crippen LogP contribution in [0.15, 0.2) is 77.7 Å². The first-order valence-corrected chi connectivity index (χ1v) is 10.8. The van der Waals surface area contributed by atoms with Crippen LogP contribution in [-0.4, -0.2) is 14.3 Å². The van der Waals surface area contributed by atoms with Gasteiger partial charge in [-0.3, -0.25) is 9.52 Å². The van der Waals surface area contributed by atoms with Gasteiger partial charge in [0.05, 0.1) is 10.9 Å². The monoisotopic (exact) mass is 408 g/mol. The van der Waals surface area contributed by atoms with E-state index in [-0.39, 0.29) is 16.8 Å². The van der Waals surface area contributed by atoms with Crippen LogP contribution in [0.5, 0.6) is 0 Å². The maximum absolute atomic E-state index is 12.5. The topological polar surface area (TPSA) is 75.3 Å². The molecule has 0 aliphatic rings. The highest BCUT2D eigenvalue weighted by Gasteiger charge is 2.15. The molecule has 2 N–H and O–H groups in total. The Hall–Kier alpha value is -3.12. The molecule has 0 spiro atoms. The third-order valence-electron chi connectivity index (χ3n) is 4.83. The predicted molar refractivity (Wildman–Crippen MR) is 115 cm³/mol. The summed E-state index contributed by atoms with van der Waals surface area (Å²) in [4.78, 5) is 12.7. The van der Waals surface area contributed by atoms with Gasteiger partial charge in [0.2, 0.25) is 0 Å². The van der Waals surface area contributed by atoms with Crippen LogP contribution in [0.3, 0.4) is 0 Å². The van der Waals surface area contributed by atoms with Crippen molar-refractivity contribution in [1.82, 2.24) is 5.32 Å². The molecule has 1 atom stereocenters. The molecular formula is C23H24N2O3S. The van der Waals surface area contributed by atoms with Gasteiger partial charge in [-0.1, -0.05) is 36.4 Å². The summed E-state index contributed by atoms with van der Waals surface area (Å²) in [7, 11) is -3.66. The van der Waals surface area contributed by atoms with Crippen LogP contribution >= 0.6 is 0 Å². The molecule has 0 heterocycles. The average Bonchev–Trinajstić information content (AvgIpc) is 2.71. The standard InChI is InChI=1S/C23H24N2O3S/c1-16-9-10-20(15-17(16)2)18(3)24-23(26)19-11-13-21(14-12-19)25-29(27,28)22-7-5-4-6-8-22/h4-15,18,25H,1-3H3,(H,24,26). The number of hydrogen-bond donors (Lipinski definition) is 2. The lowest BCUT2D eigenvalue weighted by molar-refractivity contribution is 0.0940. The Bertz CT molecular complexity index is 1110. The fraction of sp³-hybridized carbons (Fsp3) is 0.174. The first kappa shape index (κ1) is 20.6. The van der Waals surface area contributed by atoms with E-state index in [1.54, 1.807) is 42.5 Å². The number of benzene rings is 3. The molecule has 0 bridgehead atoms. The highest BCUT2D eigenvalue weighted by molar-refractivity contribution is 7.92. The van der Waals surface area contributed by atoms with Gasteiger partial charge in [0.1, 0.15) is 0 Å². The smallest absolute Gasteiger partial charge is 0.261 e. The molecule has 1 amide bonds. The largest absolute Gasteiger partial charge is 0.346 e. The number of rotatable bonds is 6. The van der Waals surface area contributed by atoms with E-state index in [9.17, 15) is 13.2 Å². The average molecular weight is 409 g/mol. The second-order valence-corrected chi connectivity index (χ2v) is 8.72. The first-order chi connectivity index (χ1) is 13.8. The Labute approximate surface area is 171 Å². The number of hydrogen-bond acceptors (Lipinski definition) is 3. The minimum atomic E-state index is -3.66. The molecule has 1 unspecified atom stereocenters. The molecule has 0 aliphatic heterocycles. The maximum Gasteiger partial charge on any atom is 0.261 e. The van der Waals surface area contributed by atoms with Crippen LogP contribution < -0.4 is 10.0 Å². The highest BCUT2D eigenvalue weighted by atomic mass is 32.2. The van der Waals surface area contributed by atoms with E-state index in [1.807, 2.05) is 26.0 Å². The van der Waals surface area contributed by atoms with Crippen molar-refractivity contribution in [3.05, 3.63) is 95.1 Å². The number of nitrogens with one attached hydrogen (secondary N) is 2. The summed E-state index contributed by atoms with van der Waals surface area (Å²) in [5.41, 5.74) is 4.28. The van der Waals surface area contributed by atoms with E-state index >= 15 is 0 Å². The lowest BCUT2D eigenvalue weighted by Crippen LogP contribution is -2.26. The zero-order chi connectivity index (χ0) is 21.0. The van der Waals surface area contributed by atoms with Gasteiger partial charge in [0.25, 0.3) is 15.9 Å². The highest BCUT2D eigenvalue weighted by Crippen LogP contribution is 2.19. The zero-order valence-corrected chi connectivity index (χ0v) is 17.5. The van der Waals surface area contributed by atoms with Crippen LogP contribution in [-0.2, 0) is 10.0 Å². The van der Waals surface area contributed by atoms with Crippen molar-refractivity contribution in [2.75, 3.05) is 4.72 Å². The van der Waals surface area contributed by atoms with E-state index in [1.165, 1.54) is 23.3 Å². The number of anilines is 1. The molecule has 150 valence electrons. The van der Waals surface area contributed by atoms with Crippen molar-refractivity contribution in [2.24, 2.45) is 0 Å². The Morgan fingerprint density at radius 2 is 1.52 bits per heavy atom. The molecule has 3 rings (SSSR count). The molecule has 5 nitrogen and oxygen atoms in total. The van der Waals surface area contributed by atoms with Crippen LogP contribution in [0.4, 0.5) is 5.69 Å². The van der Waals surface area contributed by atoms with Gasteiger partial charge < -0.3 is 5.32 Å². The van der Waals surface area contributed by atoms with E-state index in [2.05, 4.69) is 23.0 Å². The van der Waals surface area contributed by atoms with E-state index in [4.69, 9.17) is 0 Å². The minimum absolute atomic E-state index is 0.141. The molecule has 0 aliphatic carbocycles. The van der Waals surface area contributed by atoms with Crippen molar-refractivity contribution >= 4 is 21.6 Å². The van der Waals surface area contributed by atoms with Gasteiger partial charge in [-0.15, -0.1) is 0 Å². The summed E-state index contributed by atoms with van der Waals surface area (Å²) < 4.78 is 27.3. The van der Waals surface area contributed by atoms with Gasteiger partial charge in [0, 0.05) is 11.3 Å². The van der Waals surface area contributed by atoms with Crippen molar-refractivity contribution < 1.29 is 13.2 Å². The van der Waals surface area contributed by atoms with Crippen molar-refractivity contribution in [3.63, 3.8) is 0 Å². The molecule has 3 aromatic carbocycles. The number of aryl methyl sites for hydroxylation is 2. The van der Waals surface area contributed by atoms with E-state index < -0.39 is 10.0 Å². The summed E-state index contributed by atoms with van der Waals surface area (Å²) in [6.07, 6.45) is 0. The molecule has 6 heteroatoms. The first-order valence-electron chi connectivity index (χ1n) is 9.32. The van der Waals surface area contributed by atoms with E-state index in [0.29, 0.717) is 11.3 Å². The fourth-order valence-electron chi connectivity index (χ4n) is 2.90. The Morgan fingerprint density at radius 1 is 0.862 bits per heavy atom. The zero-order valence-electron chi connectivity index (χ0n) is 16.6. The number of carbonyl (C=O) groups excluding carboxylic acids is 1. The third-order valence-corrected chi connectivity index (χ3v) is 6.23. The summed E-state index contributed by atoms with van der Waals surface area (Å²) >= 11 is 0. The van der Waals surface area contributed by atoms with Crippen LogP contribution in [0, 0.1) is 13.8 Å².